The van der Waals surface area contributed by atoms with Crippen LogP contribution in [0, 0.1) is 11.6 Å². The van der Waals surface area contributed by atoms with Gasteiger partial charge in [-0.1, -0.05) is 24.2 Å². The van der Waals surface area contributed by atoms with E-state index in [2.05, 4.69) is 15.5 Å². The lowest BCUT2D eigenvalue weighted by molar-refractivity contribution is -0.275. The molecule has 184 valence electrons. The number of anilines is 1. The van der Waals surface area contributed by atoms with Crippen LogP contribution in [0.4, 0.5) is 28.0 Å². The molecule has 2 aromatic carbocycles. The van der Waals surface area contributed by atoms with Crippen LogP contribution in [0.3, 0.4) is 0 Å². The van der Waals surface area contributed by atoms with E-state index in [9.17, 15) is 27.5 Å². The van der Waals surface area contributed by atoms with Crippen LogP contribution in [0.1, 0.15) is 37.8 Å². The Balaban J connectivity index is 1.68. The minimum atomic E-state index is -5.05. The number of hydrogen-bond acceptors (Lipinski definition) is 7. The summed E-state index contributed by atoms with van der Waals surface area (Å²) in [7, 11) is 0. The maximum absolute atomic E-state index is 15.1. The van der Waals surface area contributed by atoms with Crippen LogP contribution < -0.4 is 10.9 Å². The summed E-state index contributed by atoms with van der Waals surface area (Å²) in [6, 6.07) is 7.41. The molecule has 0 aliphatic rings. The smallest absolute Gasteiger partial charge is 0.423 e. The molecule has 2 N–H and O–H groups in total. The van der Waals surface area contributed by atoms with Crippen molar-refractivity contribution < 1.29 is 35.9 Å². The third-order valence-corrected chi connectivity index (χ3v) is 5.58. The molecule has 4 rings (SSSR count). The molecule has 2 atom stereocenters. The van der Waals surface area contributed by atoms with Crippen molar-refractivity contribution in [3.8, 4) is 11.1 Å². The Morgan fingerprint density at radius 3 is 2.37 bits per heavy atom. The first-order valence-corrected chi connectivity index (χ1v) is 10.4. The molecule has 0 aliphatic heterocycles. The van der Waals surface area contributed by atoms with E-state index in [0.29, 0.717) is 11.1 Å². The van der Waals surface area contributed by atoms with E-state index < -0.39 is 53.4 Å². The molecule has 2 aromatic heterocycles. The van der Waals surface area contributed by atoms with Crippen LogP contribution in [0.15, 0.2) is 56.1 Å². The highest BCUT2D eigenvalue weighted by Crippen LogP contribution is 2.41. The monoisotopic (exact) mass is 495 g/mol. The number of aliphatic hydroxyl groups is 1. The number of aromatic nitrogens is 2. The molecule has 0 radical (unpaired) electrons. The Hall–Kier alpha value is -3.80. The molecule has 7 nitrogen and oxygen atoms in total. The maximum atomic E-state index is 15.1. The van der Waals surface area contributed by atoms with Crippen molar-refractivity contribution in [1.29, 1.82) is 0 Å². The van der Waals surface area contributed by atoms with Crippen molar-refractivity contribution in [2.75, 3.05) is 5.32 Å². The summed E-state index contributed by atoms with van der Waals surface area (Å²) in [6.45, 7) is 2.57. The van der Waals surface area contributed by atoms with Gasteiger partial charge < -0.3 is 19.3 Å². The number of hydrogen-bond donors (Lipinski definition) is 2. The fourth-order valence-corrected chi connectivity index (χ4v) is 3.58. The van der Waals surface area contributed by atoms with Gasteiger partial charge >= 0.3 is 17.8 Å². The van der Waals surface area contributed by atoms with E-state index in [0.717, 1.165) is 19.1 Å². The number of benzene rings is 2. The summed E-state index contributed by atoms with van der Waals surface area (Å²) in [5, 5.41) is 19.5. The number of nitrogens with zero attached hydrogens (tertiary/aromatic N) is 2. The van der Waals surface area contributed by atoms with E-state index >= 15 is 4.39 Å². The summed E-state index contributed by atoms with van der Waals surface area (Å²) in [4.78, 5) is 12.1. The molecule has 4 aromatic rings. The minimum absolute atomic E-state index is 0.0155. The molecule has 0 aliphatic carbocycles. The van der Waals surface area contributed by atoms with Crippen LogP contribution in [0.2, 0.25) is 0 Å². The highest BCUT2D eigenvalue weighted by molar-refractivity contribution is 5.93. The van der Waals surface area contributed by atoms with Crippen LogP contribution in [0.5, 0.6) is 0 Å². The molecule has 0 amide bonds. The van der Waals surface area contributed by atoms with Crippen molar-refractivity contribution in [1.82, 2.24) is 10.2 Å². The zero-order valence-corrected chi connectivity index (χ0v) is 18.3. The molecule has 0 spiro atoms. The fourth-order valence-electron chi connectivity index (χ4n) is 3.58. The molecule has 0 fully saturated rings. The fraction of sp³-hybridized carbons (Fsp3) is 0.261. The number of fused-ring (bicyclic) bond motifs is 1. The van der Waals surface area contributed by atoms with Crippen LogP contribution in [-0.2, 0) is 5.60 Å². The third-order valence-electron chi connectivity index (χ3n) is 5.58. The average molecular weight is 495 g/mol. The molecule has 0 saturated carbocycles. The molecule has 0 saturated heterocycles. The lowest BCUT2D eigenvalue weighted by Crippen LogP contribution is -2.42. The maximum Gasteiger partial charge on any atom is 0.426 e. The lowest BCUT2D eigenvalue weighted by Gasteiger charge is -2.25. The van der Waals surface area contributed by atoms with Crippen LogP contribution in [-0.4, -0.2) is 21.5 Å². The molecular weight excluding hydrogens is 477 g/mol. The largest absolute Gasteiger partial charge is 0.426 e. The Bertz CT molecular complexity index is 1430. The first-order valence-electron chi connectivity index (χ1n) is 10.4. The van der Waals surface area contributed by atoms with Gasteiger partial charge in [0.15, 0.2) is 0 Å². The van der Waals surface area contributed by atoms with Gasteiger partial charge in [-0.15, -0.1) is 5.10 Å². The van der Waals surface area contributed by atoms with Crippen molar-refractivity contribution in [3.63, 3.8) is 0 Å². The van der Waals surface area contributed by atoms with E-state index in [1.54, 1.807) is 0 Å². The number of rotatable bonds is 6. The second kappa shape index (κ2) is 8.77. The highest BCUT2D eigenvalue weighted by Gasteiger charge is 2.57. The Morgan fingerprint density at radius 2 is 1.74 bits per heavy atom. The van der Waals surface area contributed by atoms with Crippen molar-refractivity contribution in [3.05, 3.63) is 76.0 Å². The van der Waals surface area contributed by atoms with E-state index in [1.165, 1.54) is 37.3 Å². The van der Waals surface area contributed by atoms with E-state index in [4.69, 9.17) is 8.83 Å². The van der Waals surface area contributed by atoms with Crippen LogP contribution in [0.25, 0.3) is 22.1 Å². The van der Waals surface area contributed by atoms with Gasteiger partial charge in [0.25, 0.3) is 5.89 Å². The topological polar surface area (TPSA) is 101 Å². The van der Waals surface area contributed by atoms with Gasteiger partial charge in [0, 0.05) is 17.0 Å². The first-order chi connectivity index (χ1) is 16.4. The molecule has 35 heavy (non-hydrogen) atoms. The van der Waals surface area contributed by atoms with Gasteiger partial charge in [-0.05, 0) is 48.7 Å². The summed E-state index contributed by atoms with van der Waals surface area (Å²) >= 11 is 0. The van der Waals surface area contributed by atoms with Gasteiger partial charge in [0.1, 0.15) is 17.2 Å². The van der Waals surface area contributed by atoms with E-state index in [-0.39, 0.29) is 16.5 Å². The third kappa shape index (κ3) is 4.48. The van der Waals surface area contributed by atoms with Crippen molar-refractivity contribution in [2.24, 2.45) is 0 Å². The minimum Gasteiger partial charge on any atom is -0.423 e. The Morgan fingerprint density at radius 1 is 1.06 bits per heavy atom. The molecule has 0 bridgehead atoms. The highest BCUT2D eigenvalue weighted by atomic mass is 19.4. The molecule has 2 heterocycles. The first kappa shape index (κ1) is 24.3. The summed E-state index contributed by atoms with van der Waals surface area (Å²) in [5.74, 6) is -2.27. The summed E-state index contributed by atoms with van der Waals surface area (Å²) < 4.78 is 78.2. The zero-order valence-electron chi connectivity index (χ0n) is 18.3. The predicted molar refractivity (Wildman–Crippen MR) is 114 cm³/mol. The average Bonchev–Trinajstić information content (AvgIpc) is 3.26. The number of alkyl halides is 3. The quantitative estimate of drug-likeness (QED) is 0.271. The Kier molecular flexibility index (Phi) is 6.09. The summed E-state index contributed by atoms with van der Waals surface area (Å²) in [6.07, 6.45) is -5.82. The normalized spacial score (nSPS) is 14.6. The van der Waals surface area contributed by atoms with Gasteiger partial charge in [-0.3, -0.25) is 0 Å². The standard InChI is InChI=1S/C23H18F5N3O4/c1-3-22(33,23(26,27)28)20-30-31-21(35-20)29-11(2)14-9-18-16(8-17(14)25)15(10-19(32)34-18)12-4-6-13(24)7-5-12/h4-11,33H,3H2,1-2H3,(H,29,31)/t11?,22-/m1/s1. The SMILES string of the molecule is CC[C@@](O)(c1nnc(NC(C)c2cc3oc(=O)cc(-c4ccc(F)cc4)c3cc2F)o1)C(F)(F)F. The predicted octanol–water partition coefficient (Wildman–Crippen LogP) is 5.45. The van der Waals surface area contributed by atoms with Gasteiger partial charge in [0.2, 0.25) is 5.60 Å². The number of halogens is 5. The van der Waals surface area contributed by atoms with E-state index in [1.807, 2.05) is 0 Å². The van der Waals surface area contributed by atoms with Crippen molar-refractivity contribution in [2.45, 2.75) is 38.1 Å². The molecular formula is C23H18F5N3O4. The Labute approximate surface area is 194 Å². The zero-order chi connectivity index (χ0) is 25.5. The number of nitrogens with one attached hydrogen (secondary N) is 1. The van der Waals surface area contributed by atoms with Gasteiger partial charge in [-0.25, -0.2) is 13.6 Å². The van der Waals surface area contributed by atoms with Gasteiger partial charge in [0.05, 0.1) is 6.04 Å². The molecule has 12 heteroatoms. The lowest BCUT2D eigenvalue weighted by atomic mass is 9.99. The van der Waals surface area contributed by atoms with Crippen LogP contribution >= 0.6 is 0 Å². The second-order valence-corrected chi connectivity index (χ2v) is 7.85. The van der Waals surface area contributed by atoms with Gasteiger partial charge in [-0.2, -0.15) is 13.2 Å². The second-order valence-electron chi connectivity index (χ2n) is 7.85. The molecule has 1 unspecified atom stereocenters. The summed E-state index contributed by atoms with van der Waals surface area (Å²) in [5.41, 5.74) is -3.24. The van der Waals surface area contributed by atoms with Crippen molar-refractivity contribution >= 4 is 17.0 Å².